The lowest BCUT2D eigenvalue weighted by molar-refractivity contribution is -0.130. The van der Waals surface area contributed by atoms with Crippen LogP contribution in [-0.2, 0) is 9.53 Å². The molecule has 0 saturated carbocycles. The van der Waals surface area contributed by atoms with E-state index in [2.05, 4.69) is 20.9 Å². The topological polar surface area (TPSA) is 38.7 Å². The smallest absolute Gasteiger partial charge is 0.363 e. The summed E-state index contributed by atoms with van der Waals surface area (Å²) in [5.41, 5.74) is 1.06. The Balaban J connectivity index is 2.31. The minimum atomic E-state index is -0.378. The number of carbonyl (C=O) groups is 1. The molecule has 0 radical (unpaired) electrons. The average Bonchev–Trinajstić information content (AvgIpc) is 2.74. The molecular weight excluding hydrogens is 302 g/mol. The molecule has 0 N–H and O–H groups in total. The molecule has 17 heavy (non-hydrogen) atoms. The highest BCUT2D eigenvalue weighted by atomic mass is 79.9. The zero-order chi connectivity index (χ0) is 12.6. The van der Waals surface area contributed by atoms with Gasteiger partial charge in [0.15, 0.2) is 5.70 Å². The van der Waals surface area contributed by atoms with Crippen LogP contribution in [-0.4, -0.2) is 11.9 Å². The van der Waals surface area contributed by atoms with Gasteiger partial charge >= 0.3 is 5.97 Å². The summed E-state index contributed by atoms with van der Waals surface area (Å²) in [6.07, 6.45) is 1.74. The third kappa shape index (κ3) is 2.84. The van der Waals surface area contributed by atoms with Crippen molar-refractivity contribution >= 4 is 45.2 Å². The predicted molar refractivity (Wildman–Crippen MR) is 73.0 cm³/mol. The Morgan fingerprint density at radius 2 is 2.18 bits per heavy atom. The van der Waals surface area contributed by atoms with Crippen LogP contribution >= 0.6 is 27.3 Å². The van der Waals surface area contributed by atoms with Crippen LogP contribution in [0.4, 0.5) is 0 Å². The summed E-state index contributed by atoms with van der Waals surface area (Å²) in [5, 5.41) is 1.95. The van der Waals surface area contributed by atoms with Crippen molar-refractivity contribution in [3.63, 3.8) is 0 Å². The molecule has 1 aromatic rings. The van der Waals surface area contributed by atoms with Crippen LogP contribution in [0.25, 0.3) is 6.08 Å². The molecule has 2 rings (SSSR count). The summed E-state index contributed by atoms with van der Waals surface area (Å²) in [6.45, 7) is 5.88. The van der Waals surface area contributed by atoms with E-state index in [1.807, 2.05) is 32.2 Å². The van der Waals surface area contributed by atoms with Crippen molar-refractivity contribution in [3.8, 4) is 0 Å². The fourth-order valence-electron chi connectivity index (χ4n) is 1.29. The van der Waals surface area contributed by atoms with Gasteiger partial charge in [-0.3, -0.25) is 0 Å². The molecule has 0 saturated heterocycles. The Kier molecular flexibility index (Phi) is 3.23. The number of ether oxygens (including phenoxy) is 1. The van der Waals surface area contributed by atoms with E-state index in [1.165, 1.54) is 0 Å². The standard InChI is InChI=1S/C12H12BrNO2S/c1-12(2,3)11-14-8(10(15)16-11)4-7-5-9(13)17-6-7/h4-6H,1-3H3/b8-4+. The molecule has 90 valence electrons. The number of thiophene rings is 1. The summed E-state index contributed by atoms with van der Waals surface area (Å²) in [6, 6.07) is 1.94. The monoisotopic (exact) mass is 313 g/mol. The molecule has 0 aromatic carbocycles. The lowest BCUT2D eigenvalue weighted by Crippen LogP contribution is -2.21. The van der Waals surface area contributed by atoms with Gasteiger partial charge in [-0.05, 0) is 39.0 Å². The van der Waals surface area contributed by atoms with Crippen LogP contribution < -0.4 is 0 Å². The minimum absolute atomic E-state index is 0.250. The first kappa shape index (κ1) is 12.5. The van der Waals surface area contributed by atoms with Crippen LogP contribution in [0.15, 0.2) is 25.9 Å². The first-order valence-corrected chi connectivity index (χ1v) is 6.80. The molecule has 0 amide bonds. The minimum Gasteiger partial charge on any atom is -0.406 e. The van der Waals surface area contributed by atoms with Crippen molar-refractivity contribution in [2.75, 3.05) is 0 Å². The Morgan fingerprint density at radius 3 is 2.65 bits per heavy atom. The van der Waals surface area contributed by atoms with E-state index >= 15 is 0 Å². The van der Waals surface area contributed by atoms with Gasteiger partial charge in [0.05, 0.1) is 3.79 Å². The van der Waals surface area contributed by atoms with E-state index in [4.69, 9.17) is 4.74 Å². The number of halogens is 1. The molecule has 0 aliphatic carbocycles. The van der Waals surface area contributed by atoms with Crippen molar-refractivity contribution in [1.29, 1.82) is 0 Å². The van der Waals surface area contributed by atoms with Crippen molar-refractivity contribution in [3.05, 3.63) is 26.5 Å². The summed E-state index contributed by atoms with van der Waals surface area (Å²) in [5.74, 6) is 0.0975. The third-order valence-electron chi connectivity index (χ3n) is 2.15. The second-order valence-corrected chi connectivity index (χ2v) is 7.06. The second kappa shape index (κ2) is 4.38. The predicted octanol–water partition coefficient (Wildman–Crippen LogP) is 3.85. The van der Waals surface area contributed by atoms with Gasteiger partial charge in [-0.25, -0.2) is 9.79 Å². The van der Waals surface area contributed by atoms with Crippen LogP contribution in [0.1, 0.15) is 26.3 Å². The number of rotatable bonds is 1. The number of cyclic esters (lactones) is 1. The Labute approximate surface area is 112 Å². The quantitative estimate of drug-likeness (QED) is 0.583. The van der Waals surface area contributed by atoms with Crippen LogP contribution in [0.5, 0.6) is 0 Å². The molecule has 0 fully saturated rings. The fraction of sp³-hybridized carbons (Fsp3) is 0.333. The highest BCUT2D eigenvalue weighted by Gasteiger charge is 2.31. The Hall–Kier alpha value is -0.940. The van der Waals surface area contributed by atoms with Crippen molar-refractivity contribution in [1.82, 2.24) is 0 Å². The number of hydrogen-bond acceptors (Lipinski definition) is 4. The van der Waals surface area contributed by atoms with Crippen LogP contribution in [0.2, 0.25) is 0 Å². The lowest BCUT2D eigenvalue weighted by atomic mass is 9.97. The molecule has 0 unspecified atom stereocenters. The number of aliphatic imine (C=N–C) groups is 1. The zero-order valence-corrected chi connectivity index (χ0v) is 12.2. The molecule has 3 nitrogen and oxygen atoms in total. The number of carbonyl (C=O) groups excluding carboxylic acids is 1. The molecular formula is C12H12BrNO2S. The zero-order valence-electron chi connectivity index (χ0n) is 9.78. The molecule has 1 aliphatic rings. The normalized spacial score (nSPS) is 18.5. The molecule has 0 bridgehead atoms. The van der Waals surface area contributed by atoms with E-state index in [9.17, 15) is 4.79 Å². The Bertz CT molecular complexity index is 523. The number of nitrogens with zero attached hydrogens (tertiary/aromatic N) is 1. The Morgan fingerprint density at radius 1 is 1.47 bits per heavy atom. The molecule has 0 spiro atoms. The third-order valence-corrected chi connectivity index (χ3v) is 3.68. The first-order chi connectivity index (χ1) is 7.86. The highest BCUT2D eigenvalue weighted by Crippen LogP contribution is 2.27. The maximum Gasteiger partial charge on any atom is 0.363 e. The first-order valence-electron chi connectivity index (χ1n) is 5.13. The van der Waals surface area contributed by atoms with Gasteiger partial charge in [0.1, 0.15) is 0 Å². The highest BCUT2D eigenvalue weighted by molar-refractivity contribution is 9.11. The maximum absolute atomic E-state index is 11.6. The molecule has 2 heterocycles. The van der Waals surface area contributed by atoms with Gasteiger partial charge < -0.3 is 4.74 Å². The summed E-state index contributed by atoms with van der Waals surface area (Å²) in [4.78, 5) is 15.9. The fourth-order valence-corrected chi connectivity index (χ4v) is 2.42. The van der Waals surface area contributed by atoms with Crippen molar-refractivity contribution in [2.45, 2.75) is 20.8 Å². The van der Waals surface area contributed by atoms with Gasteiger partial charge in [-0.1, -0.05) is 20.8 Å². The molecule has 1 aromatic heterocycles. The van der Waals surface area contributed by atoms with E-state index in [1.54, 1.807) is 17.4 Å². The van der Waals surface area contributed by atoms with Crippen molar-refractivity contribution in [2.24, 2.45) is 10.4 Å². The SMILES string of the molecule is CC(C)(C)C1=N/C(=C/c2csc(Br)c2)C(=O)O1. The van der Waals surface area contributed by atoms with E-state index < -0.39 is 0 Å². The van der Waals surface area contributed by atoms with E-state index in [0.717, 1.165) is 9.35 Å². The summed E-state index contributed by atoms with van der Waals surface area (Å²) < 4.78 is 6.18. The average molecular weight is 314 g/mol. The number of esters is 1. The summed E-state index contributed by atoms with van der Waals surface area (Å²) in [7, 11) is 0. The molecule has 5 heteroatoms. The van der Waals surface area contributed by atoms with Crippen molar-refractivity contribution < 1.29 is 9.53 Å². The molecule has 1 aliphatic heterocycles. The summed E-state index contributed by atoms with van der Waals surface area (Å²) >= 11 is 4.94. The van der Waals surface area contributed by atoms with E-state index in [0.29, 0.717) is 11.6 Å². The van der Waals surface area contributed by atoms with Gasteiger partial charge in [0.2, 0.25) is 5.90 Å². The lowest BCUT2D eigenvalue weighted by Gasteiger charge is -2.15. The molecule has 0 atom stereocenters. The second-order valence-electron chi connectivity index (χ2n) is 4.77. The van der Waals surface area contributed by atoms with Gasteiger partial charge in [0, 0.05) is 5.41 Å². The van der Waals surface area contributed by atoms with Gasteiger partial charge in [-0.15, -0.1) is 11.3 Å². The largest absolute Gasteiger partial charge is 0.406 e. The van der Waals surface area contributed by atoms with Crippen LogP contribution in [0.3, 0.4) is 0 Å². The van der Waals surface area contributed by atoms with E-state index in [-0.39, 0.29) is 11.4 Å². The maximum atomic E-state index is 11.6. The van der Waals surface area contributed by atoms with Crippen LogP contribution in [0, 0.1) is 5.41 Å². The van der Waals surface area contributed by atoms with Gasteiger partial charge in [0.25, 0.3) is 0 Å². The van der Waals surface area contributed by atoms with Gasteiger partial charge in [-0.2, -0.15) is 0 Å². The number of hydrogen-bond donors (Lipinski definition) is 0.